The van der Waals surface area contributed by atoms with Gasteiger partial charge in [0.05, 0.1) is 21.0 Å². The highest BCUT2D eigenvalue weighted by Gasteiger charge is 2.15. The zero-order valence-electron chi connectivity index (χ0n) is 12.1. The summed E-state index contributed by atoms with van der Waals surface area (Å²) in [7, 11) is 0. The number of nitrogens with zero attached hydrogens (tertiary/aromatic N) is 3. The molecule has 0 amide bonds. The Bertz CT molecular complexity index is 1070. The van der Waals surface area contributed by atoms with Crippen molar-refractivity contribution in [3.63, 3.8) is 0 Å². The topological polar surface area (TPSA) is 97.8 Å². The van der Waals surface area contributed by atoms with Crippen molar-refractivity contribution in [1.82, 2.24) is 15.2 Å². The third-order valence-corrected chi connectivity index (χ3v) is 3.91. The van der Waals surface area contributed by atoms with Gasteiger partial charge in [0, 0.05) is 17.5 Å². The lowest BCUT2D eigenvalue weighted by atomic mass is 10.2. The van der Waals surface area contributed by atoms with E-state index in [1.807, 2.05) is 12.1 Å². The van der Waals surface area contributed by atoms with Crippen LogP contribution in [0.2, 0.25) is 5.02 Å². The zero-order valence-corrected chi connectivity index (χ0v) is 12.8. The second kappa shape index (κ2) is 5.47. The first-order chi connectivity index (χ1) is 11.6. The van der Waals surface area contributed by atoms with Crippen LogP contribution in [0.5, 0.6) is 0 Å². The molecule has 4 rings (SSSR count). The summed E-state index contributed by atoms with van der Waals surface area (Å²) in [5.74, 6) is 0.587. The van der Waals surface area contributed by atoms with Crippen LogP contribution in [0.3, 0.4) is 0 Å². The predicted molar refractivity (Wildman–Crippen MR) is 88.7 cm³/mol. The van der Waals surface area contributed by atoms with E-state index in [0.717, 1.165) is 5.39 Å². The van der Waals surface area contributed by atoms with Crippen LogP contribution in [-0.2, 0) is 0 Å². The number of hydrogen-bond acceptors (Lipinski definition) is 5. The number of nitro groups is 1. The van der Waals surface area contributed by atoms with E-state index in [-0.39, 0.29) is 11.6 Å². The summed E-state index contributed by atoms with van der Waals surface area (Å²) in [5.41, 5.74) is 1.86. The van der Waals surface area contributed by atoms with Gasteiger partial charge in [0.2, 0.25) is 5.89 Å². The monoisotopic (exact) mass is 340 g/mol. The number of fused-ring (bicyclic) bond motifs is 1. The molecule has 2 aromatic heterocycles. The number of benzene rings is 2. The molecule has 0 unspecified atom stereocenters. The molecule has 118 valence electrons. The van der Waals surface area contributed by atoms with Gasteiger partial charge in [-0.05, 0) is 24.3 Å². The van der Waals surface area contributed by atoms with Crippen LogP contribution >= 0.6 is 11.6 Å². The molecule has 4 aromatic rings. The maximum atomic E-state index is 10.9. The van der Waals surface area contributed by atoms with Crippen LogP contribution in [0.4, 0.5) is 5.69 Å². The van der Waals surface area contributed by atoms with Gasteiger partial charge in [-0.2, -0.15) is 0 Å². The highest BCUT2D eigenvalue weighted by atomic mass is 35.5. The first kappa shape index (κ1) is 14.4. The molecule has 0 fully saturated rings. The molecular weight excluding hydrogens is 332 g/mol. The quantitative estimate of drug-likeness (QED) is 0.439. The number of H-pyrrole nitrogens is 1. The Morgan fingerprint density at radius 1 is 1.08 bits per heavy atom. The van der Waals surface area contributed by atoms with E-state index >= 15 is 0 Å². The van der Waals surface area contributed by atoms with Gasteiger partial charge in [0.25, 0.3) is 11.6 Å². The molecule has 0 atom stereocenters. The number of nitrogens with one attached hydrogen (secondary N) is 1. The lowest BCUT2D eigenvalue weighted by molar-refractivity contribution is -0.384. The average Bonchev–Trinajstić information content (AvgIpc) is 3.21. The van der Waals surface area contributed by atoms with Crippen molar-refractivity contribution in [2.75, 3.05) is 0 Å². The number of nitro benzene ring substituents is 1. The molecule has 0 aliphatic rings. The van der Waals surface area contributed by atoms with Crippen LogP contribution in [-0.4, -0.2) is 20.1 Å². The number of non-ortho nitro benzene ring substituents is 1. The number of aromatic nitrogens is 3. The van der Waals surface area contributed by atoms with Crippen molar-refractivity contribution in [2.24, 2.45) is 0 Å². The van der Waals surface area contributed by atoms with E-state index in [1.165, 1.54) is 12.1 Å². The van der Waals surface area contributed by atoms with Crippen molar-refractivity contribution in [2.45, 2.75) is 0 Å². The predicted octanol–water partition coefficient (Wildman–Crippen LogP) is 4.45. The minimum Gasteiger partial charge on any atom is -0.415 e. The zero-order chi connectivity index (χ0) is 16.7. The third kappa shape index (κ3) is 2.40. The average molecular weight is 341 g/mol. The molecule has 0 spiro atoms. The molecule has 2 aromatic carbocycles. The Morgan fingerprint density at radius 3 is 2.67 bits per heavy atom. The molecule has 0 saturated heterocycles. The van der Waals surface area contributed by atoms with Gasteiger partial charge in [0.1, 0.15) is 5.69 Å². The van der Waals surface area contributed by atoms with E-state index in [9.17, 15) is 10.1 Å². The van der Waals surface area contributed by atoms with Gasteiger partial charge >= 0.3 is 0 Å². The minimum absolute atomic E-state index is 0.0122. The second-order valence-electron chi connectivity index (χ2n) is 5.10. The fraction of sp³-hybridized carbons (Fsp3) is 0. The van der Waals surface area contributed by atoms with Crippen LogP contribution in [0.1, 0.15) is 0 Å². The summed E-state index contributed by atoms with van der Waals surface area (Å²) in [4.78, 5) is 13.5. The lowest BCUT2D eigenvalue weighted by Gasteiger charge is -1.96. The fourth-order valence-corrected chi connectivity index (χ4v) is 2.64. The van der Waals surface area contributed by atoms with Crippen molar-refractivity contribution < 1.29 is 9.34 Å². The molecule has 1 N–H and O–H groups in total. The van der Waals surface area contributed by atoms with Crippen molar-refractivity contribution in [3.8, 4) is 23.0 Å². The Hall–Kier alpha value is -3.19. The third-order valence-electron chi connectivity index (χ3n) is 3.58. The highest BCUT2D eigenvalue weighted by molar-refractivity contribution is 6.33. The maximum absolute atomic E-state index is 10.9. The summed E-state index contributed by atoms with van der Waals surface area (Å²) in [5, 5.41) is 20.2. The molecule has 0 radical (unpaired) electrons. The van der Waals surface area contributed by atoms with E-state index in [0.29, 0.717) is 27.7 Å². The maximum Gasteiger partial charge on any atom is 0.271 e. The first-order valence-electron chi connectivity index (χ1n) is 6.98. The first-order valence-corrected chi connectivity index (χ1v) is 7.35. The molecule has 0 aliphatic heterocycles. The number of halogens is 1. The van der Waals surface area contributed by atoms with Crippen LogP contribution in [0.15, 0.2) is 52.9 Å². The van der Waals surface area contributed by atoms with E-state index in [2.05, 4.69) is 15.2 Å². The Morgan fingerprint density at radius 2 is 1.88 bits per heavy atom. The summed E-state index contributed by atoms with van der Waals surface area (Å²) >= 11 is 6.13. The van der Waals surface area contributed by atoms with Gasteiger partial charge in [-0.3, -0.25) is 10.1 Å². The molecule has 0 aliphatic carbocycles. The second-order valence-corrected chi connectivity index (χ2v) is 5.51. The summed E-state index contributed by atoms with van der Waals surface area (Å²) in [6.45, 7) is 0. The van der Waals surface area contributed by atoms with Crippen LogP contribution < -0.4 is 0 Å². The van der Waals surface area contributed by atoms with Crippen molar-refractivity contribution in [1.29, 1.82) is 0 Å². The van der Waals surface area contributed by atoms with Gasteiger partial charge in [-0.1, -0.05) is 23.7 Å². The molecule has 7 nitrogen and oxygen atoms in total. The number of aromatic amines is 1. The van der Waals surface area contributed by atoms with Crippen LogP contribution in [0.25, 0.3) is 33.9 Å². The standard InChI is InChI=1S/C16H9ClN4O3/c17-12-4-2-1-3-11(12)15-19-20-16(24-15)14-7-9-5-6-10(21(22)23)8-13(9)18-14/h1-8,18H. The van der Waals surface area contributed by atoms with Gasteiger partial charge in [0.15, 0.2) is 0 Å². The summed E-state index contributed by atoms with van der Waals surface area (Å²) < 4.78 is 5.67. The van der Waals surface area contributed by atoms with Crippen LogP contribution in [0, 0.1) is 10.1 Å². The normalized spacial score (nSPS) is 11.0. The highest BCUT2D eigenvalue weighted by Crippen LogP contribution is 2.30. The molecule has 2 heterocycles. The Labute approximate surface area is 140 Å². The molecular formula is C16H9ClN4O3. The lowest BCUT2D eigenvalue weighted by Crippen LogP contribution is -1.86. The molecule has 0 bridgehead atoms. The number of rotatable bonds is 3. The smallest absolute Gasteiger partial charge is 0.271 e. The van der Waals surface area contributed by atoms with E-state index < -0.39 is 4.92 Å². The Kier molecular flexibility index (Phi) is 3.28. The van der Waals surface area contributed by atoms with Crippen molar-refractivity contribution >= 4 is 28.2 Å². The van der Waals surface area contributed by atoms with E-state index in [4.69, 9.17) is 16.0 Å². The largest absolute Gasteiger partial charge is 0.415 e. The van der Waals surface area contributed by atoms with Gasteiger partial charge in [-0.25, -0.2) is 0 Å². The fourth-order valence-electron chi connectivity index (χ4n) is 2.42. The summed E-state index contributed by atoms with van der Waals surface area (Å²) in [6.07, 6.45) is 0. The molecule has 0 saturated carbocycles. The minimum atomic E-state index is -0.442. The van der Waals surface area contributed by atoms with Gasteiger partial charge < -0.3 is 9.40 Å². The molecule has 24 heavy (non-hydrogen) atoms. The van der Waals surface area contributed by atoms with Gasteiger partial charge in [-0.15, -0.1) is 10.2 Å². The summed E-state index contributed by atoms with van der Waals surface area (Å²) in [6, 6.07) is 13.5. The Balaban J connectivity index is 1.76. The van der Waals surface area contributed by atoms with Crippen molar-refractivity contribution in [3.05, 3.63) is 63.7 Å². The van der Waals surface area contributed by atoms with E-state index in [1.54, 1.807) is 24.3 Å². The molecule has 8 heteroatoms. The number of hydrogen-bond donors (Lipinski definition) is 1. The SMILES string of the molecule is O=[N+]([O-])c1ccc2cc(-c3nnc(-c4ccccc4Cl)o3)[nH]c2c1.